The first-order valence-corrected chi connectivity index (χ1v) is 9.91. The van der Waals surface area contributed by atoms with Crippen molar-refractivity contribution in [3.63, 3.8) is 0 Å². The number of hydrogen-bond acceptors (Lipinski definition) is 3. The summed E-state index contributed by atoms with van der Waals surface area (Å²) in [5.41, 5.74) is 4.00. The molecule has 3 aliphatic heterocycles. The molecule has 4 rings (SSSR count). The van der Waals surface area contributed by atoms with Crippen molar-refractivity contribution in [3.8, 4) is 5.75 Å². The number of fused-ring (bicyclic) bond motifs is 3. The summed E-state index contributed by atoms with van der Waals surface area (Å²) in [5.74, 6) is 1.03. The lowest BCUT2D eigenvalue weighted by molar-refractivity contribution is 0.357. The van der Waals surface area contributed by atoms with Crippen LogP contribution in [0.2, 0.25) is 0 Å². The zero-order valence-corrected chi connectivity index (χ0v) is 13.6. The van der Waals surface area contributed by atoms with Gasteiger partial charge >= 0.3 is 0 Å². The highest BCUT2D eigenvalue weighted by molar-refractivity contribution is 7.92. The molecule has 0 N–H and O–H groups in total. The first kappa shape index (κ1) is 14.3. The van der Waals surface area contributed by atoms with Crippen LogP contribution in [0.1, 0.15) is 43.2 Å². The van der Waals surface area contributed by atoms with E-state index in [0.29, 0.717) is 0 Å². The third kappa shape index (κ3) is 2.47. The van der Waals surface area contributed by atoms with Gasteiger partial charge in [-0.15, -0.1) is 0 Å². The Labute approximate surface area is 132 Å². The summed E-state index contributed by atoms with van der Waals surface area (Å²) in [5, 5.41) is -0.317. The predicted molar refractivity (Wildman–Crippen MR) is 87.0 cm³/mol. The Morgan fingerprint density at radius 2 is 2.09 bits per heavy atom. The molecular formula is C18H22O3S. The number of allylic oxidation sites excluding steroid dienone is 1. The summed E-state index contributed by atoms with van der Waals surface area (Å²) >= 11 is 0. The van der Waals surface area contributed by atoms with Crippen LogP contribution in [0.4, 0.5) is 0 Å². The molecule has 118 valence electrons. The highest BCUT2D eigenvalue weighted by Gasteiger charge is 2.39. The second kappa shape index (κ2) is 5.41. The Morgan fingerprint density at radius 3 is 2.95 bits per heavy atom. The minimum atomic E-state index is -2.88. The molecule has 4 heteroatoms. The average molecular weight is 318 g/mol. The minimum Gasteiger partial charge on any atom is -0.493 e. The van der Waals surface area contributed by atoms with E-state index in [1.54, 1.807) is 0 Å². The van der Waals surface area contributed by atoms with Crippen molar-refractivity contribution in [2.75, 3.05) is 6.61 Å². The van der Waals surface area contributed by atoms with Gasteiger partial charge in [0.05, 0.1) is 17.1 Å². The van der Waals surface area contributed by atoms with Crippen LogP contribution < -0.4 is 4.74 Å². The summed E-state index contributed by atoms with van der Waals surface area (Å²) in [6.45, 7) is 0.797. The minimum absolute atomic E-state index is 0.111. The molecule has 1 saturated heterocycles. The molecule has 2 unspecified atom stereocenters. The van der Waals surface area contributed by atoms with Crippen LogP contribution in [0.25, 0.3) is 0 Å². The Bertz CT molecular complexity index is 718. The van der Waals surface area contributed by atoms with Crippen LogP contribution in [0, 0.1) is 0 Å². The van der Waals surface area contributed by atoms with Crippen molar-refractivity contribution in [3.05, 3.63) is 41.0 Å². The Morgan fingerprint density at radius 1 is 1.18 bits per heavy atom. The zero-order valence-electron chi connectivity index (χ0n) is 12.8. The number of ether oxygens (including phenoxy) is 1. The van der Waals surface area contributed by atoms with E-state index in [0.717, 1.165) is 57.3 Å². The van der Waals surface area contributed by atoms with E-state index in [4.69, 9.17) is 4.74 Å². The van der Waals surface area contributed by atoms with Gasteiger partial charge in [0.15, 0.2) is 9.84 Å². The fourth-order valence-electron chi connectivity index (χ4n) is 4.03. The highest BCUT2D eigenvalue weighted by atomic mass is 32.2. The Balaban J connectivity index is 1.47. The van der Waals surface area contributed by atoms with Gasteiger partial charge in [-0.05, 0) is 49.3 Å². The maximum atomic E-state index is 12.3. The van der Waals surface area contributed by atoms with E-state index in [9.17, 15) is 8.42 Å². The van der Waals surface area contributed by atoms with Gasteiger partial charge in [-0.25, -0.2) is 8.42 Å². The number of hydrogen-bond donors (Lipinski definition) is 0. The summed E-state index contributed by atoms with van der Waals surface area (Å²) in [7, 11) is -2.88. The van der Waals surface area contributed by atoms with Crippen LogP contribution >= 0.6 is 0 Å². The molecule has 1 aromatic carbocycles. The van der Waals surface area contributed by atoms with Gasteiger partial charge in [0, 0.05) is 6.42 Å². The van der Waals surface area contributed by atoms with Crippen molar-refractivity contribution in [2.45, 2.75) is 55.4 Å². The fraction of sp³-hybridized carbons (Fsp3) is 0.556. The number of sulfone groups is 1. The zero-order chi connectivity index (χ0) is 15.2. The van der Waals surface area contributed by atoms with E-state index in [-0.39, 0.29) is 10.5 Å². The van der Waals surface area contributed by atoms with Crippen molar-refractivity contribution in [2.24, 2.45) is 0 Å². The van der Waals surface area contributed by atoms with Crippen molar-refractivity contribution in [1.82, 2.24) is 0 Å². The van der Waals surface area contributed by atoms with Gasteiger partial charge in [0.1, 0.15) is 5.75 Å². The summed E-state index contributed by atoms with van der Waals surface area (Å²) in [4.78, 5) is 0. The van der Waals surface area contributed by atoms with E-state index >= 15 is 0 Å². The van der Waals surface area contributed by atoms with E-state index in [1.165, 1.54) is 16.7 Å². The monoisotopic (exact) mass is 318 g/mol. The molecule has 2 bridgehead atoms. The molecule has 3 nitrogen and oxygen atoms in total. The maximum Gasteiger partial charge on any atom is 0.159 e. The molecule has 0 aromatic heterocycles. The molecule has 2 atom stereocenters. The molecule has 0 radical (unpaired) electrons. The molecule has 0 saturated carbocycles. The molecule has 0 amide bonds. The first-order chi connectivity index (χ1) is 10.6. The van der Waals surface area contributed by atoms with E-state index < -0.39 is 9.84 Å². The number of rotatable bonds is 3. The first-order valence-electron chi connectivity index (χ1n) is 8.30. The summed E-state index contributed by atoms with van der Waals surface area (Å²) in [6.07, 6.45) is 8.54. The second-order valence-corrected chi connectivity index (χ2v) is 9.20. The van der Waals surface area contributed by atoms with Gasteiger partial charge < -0.3 is 4.74 Å². The highest BCUT2D eigenvalue weighted by Crippen LogP contribution is 2.37. The quantitative estimate of drug-likeness (QED) is 0.804. The summed E-state index contributed by atoms with van der Waals surface area (Å²) < 4.78 is 30.1. The maximum absolute atomic E-state index is 12.3. The average Bonchev–Trinajstić information content (AvgIpc) is 2.92. The molecule has 3 aliphatic rings. The van der Waals surface area contributed by atoms with Crippen LogP contribution in [0.3, 0.4) is 0 Å². The van der Waals surface area contributed by atoms with E-state index in [2.05, 4.69) is 24.3 Å². The van der Waals surface area contributed by atoms with Gasteiger partial charge in [-0.1, -0.05) is 30.2 Å². The standard InChI is InChI=1S/C18H22O3S/c19-22(20)16-2-1-3-17(22)12-14(11-16)5-4-13-6-7-18-15(10-13)8-9-21-18/h6-7,10-11,16-17H,1-5,8-9,12H2. The predicted octanol–water partition coefficient (Wildman–Crippen LogP) is 3.22. The largest absolute Gasteiger partial charge is 0.493 e. The number of benzene rings is 1. The lowest BCUT2D eigenvalue weighted by Gasteiger charge is -2.33. The van der Waals surface area contributed by atoms with Crippen molar-refractivity contribution < 1.29 is 13.2 Å². The topological polar surface area (TPSA) is 43.4 Å². The normalized spacial score (nSPS) is 28.6. The molecule has 22 heavy (non-hydrogen) atoms. The summed E-state index contributed by atoms with van der Waals surface area (Å²) in [6, 6.07) is 6.47. The van der Waals surface area contributed by atoms with Gasteiger partial charge in [-0.3, -0.25) is 0 Å². The van der Waals surface area contributed by atoms with Crippen LogP contribution in [-0.4, -0.2) is 25.5 Å². The van der Waals surface area contributed by atoms with Crippen LogP contribution in [0.15, 0.2) is 29.8 Å². The van der Waals surface area contributed by atoms with Crippen LogP contribution in [-0.2, 0) is 22.7 Å². The SMILES string of the molecule is O=S1(=O)C2C=C(CCc3ccc4c(c3)CCO4)CC1CCC2. The Hall–Kier alpha value is -1.29. The van der Waals surface area contributed by atoms with Crippen molar-refractivity contribution >= 4 is 9.84 Å². The molecule has 0 spiro atoms. The molecule has 3 heterocycles. The molecule has 1 fully saturated rings. The fourth-order valence-corrected chi connectivity index (χ4v) is 6.34. The third-order valence-electron chi connectivity index (χ3n) is 5.30. The molecule has 0 aliphatic carbocycles. The van der Waals surface area contributed by atoms with Gasteiger partial charge in [-0.2, -0.15) is 0 Å². The third-order valence-corrected chi connectivity index (χ3v) is 7.85. The Kier molecular flexibility index (Phi) is 3.52. The van der Waals surface area contributed by atoms with Crippen molar-refractivity contribution in [1.29, 1.82) is 0 Å². The van der Waals surface area contributed by atoms with Crippen LogP contribution in [0.5, 0.6) is 5.75 Å². The number of aryl methyl sites for hydroxylation is 1. The van der Waals surface area contributed by atoms with Gasteiger partial charge in [0.25, 0.3) is 0 Å². The lowest BCUT2D eigenvalue weighted by atomic mass is 9.93. The molecule has 1 aromatic rings. The lowest BCUT2D eigenvalue weighted by Crippen LogP contribution is -2.38. The molecular weight excluding hydrogens is 296 g/mol. The second-order valence-electron chi connectivity index (χ2n) is 6.75. The van der Waals surface area contributed by atoms with Gasteiger partial charge in [0.2, 0.25) is 0 Å². The smallest absolute Gasteiger partial charge is 0.159 e. The van der Waals surface area contributed by atoms with E-state index in [1.807, 2.05) is 0 Å².